The van der Waals surface area contributed by atoms with E-state index in [0.29, 0.717) is 4.90 Å². The Kier molecular flexibility index (Phi) is 5.19. The van der Waals surface area contributed by atoms with Crippen LogP contribution in [0.3, 0.4) is 0 Å². The summed E-state index contributed by atoms with van der Waals surface area (Å²) < 4.78 is 28.1. The minimum Gasteiger partial charge on any atom is -0.207 e. The van der Waals surface area contributed by atoms with E-state index in [0.717, 1.165) is 22.0 Å². The third-order valence-corrected chi connectivity index (χ3v) is 5.37. The van der Waals surface area contributed by atoms with Gasteiger partial charge in [-0.15, -0.1) is 0 Å². The lowest BCUT2D eigenvalue weighted by Gasteiger charge is -2.10. The highest BCUT2D eigenvalue weighted by atomic mass is 79.9. The summed E-state index contributed by atoms with van der Waals surface area (Å²) in [5.74, 6) is 0. The van der Waals surface area contributed by atoms with Crippen molar-refractivity contribution in [3.05, 3.63) is 63.6 Å². The van der Waals surface area contributed by atoms with Gasteiger partial charge >= 0.3 is 0 Å². The molecule has 0 amide bonds. The van der Waals surface area contributed by atoms with Crippen LogP contribution >= 0.6 is 15.9 Å². The third-order valence-electron chi connectivity index (χ3n) is 3.34. The van der Waals surface area contributed by atoms with Crippen molar-refractivity contribution < 1.29 is 8.42 Å². The monoisotopic (exact) mass is 367 g/mol. The molecule has 0 saturated carbocycles. The van der Waals surface area contributed by atoms with Crippen molar-refractivity contribution >= 4 is 26.0 Å². The number of halogens is 1. The van der Waals surface area contributed by atoms with E-state index in [1.807, 2.05) is 30.3 Å². The number of hydrogen-bond acceptors (Lipinski definition) is 2. The highest BCUT2D eigenvalue weighted by molar-refractivity contribution is 9.10. The van der Waals surface area contributed by atoms with Gasteiger partial charge in [-0.1, -0.05) is 53.2 Å². The van der Waals surface area contributed by atoms with Crippen molar-refractivity contribution in [1.29, 1.82) is 0 Å². The highest BCUT2D eigenvalue weighted by Crippen LogP contribution is 2.20. The first-order valence-corrected chi connectivity index (χ1v) is 9.03. The Bertz CT molecular complexity index is 724. The molecular formula is C16H18BrNO2S. The molecule has 0 fully saturated rings. The maximum atomic E-state index is 12.4. The average Bonchev–Trinajstić information content (AvgIpc) is 2.48. The van der Waals surface area contributed by atoms with E-state index in [2.05, 4.69) is 27.6 Å². The van der Waals surface area contributed by atoms with E-state index >= 15 is 0 Å². The van der Waals surface area contributed by atoms with Crippen molar-refractivity contribution in [3.8, 4) is 0 Å². The Hall–Kier alpha value is -1.17. The van der Waals surface area contributed by atoms with Crippen LogP contribution in [0.2, 0.25) is 0 Å². The number of nitrogens with one attached hydrogen (secondary N) is 1. The highest BCUT2D eigenvalue weighted by Gasteiger charge is 2.16. The molecule has 21 heavy (non-hydrogen) atoms. The van der Waals surface area contributed by atoms with Gasteiger partial charge in [-0.2, -0.15) is 0 Å². The first-order valence-electron chi connectivity index (χ1n) is 6.76. The average molecular weight is 368 g/mol. The summed E-state index contributed by atoms with van der Waals surface area (Å²) in [7, 11) is -3.51. The van der Waals surface area contributed by atoms with Crippen LogP contribution in [0.15, 0.2) is 51.8 Å². The summed E-state index contributed by atoms with van der Waals surface area (Å²) in [4.78, 5) is 0.307. The van der Waals surface area contributed by atoms with Gasteiger partial charge in [0.2, 0.25) is 10.0 Å². The molecule has 112 valence electrons. The topological polar surface area (TPSA) is 46.2 Å². The van der Waals surface area contributed by atoms with Gasteiger partial charge in [-0.05, 0) is 42.2 Å². The smallest absolute Gasteiger partial charge is 0.207 e. The second-order valence-corrected chi connectivity index (χ2v) is 7.56. The van der Waals surface area contributed by atoms with Crippen LogP contribution in [-0.2, 0) is 23.0 Å². The van der Waals surface area contributed by atoms with Crippen LogP contribution in [0.4, 0.5) is 0 Å². The van der Waals surface area contributed by atoms with E-state index in [9.17, 15) is 8.42 Å². The van der Waals surface area contributed by atoms with Gasteiger partial charge in [0.15, 0.2) is 0 Å². The fraction of sp³-hybridized carbons (Fsp3) is 0.250. The van der Waals surface area contributed by atoms with Crippen molar-refractivity contribution in [2.24, 2.45) is 0 Å². The zero-order valence-electron chi connectivity index (χ0n) is 12.1. The first kappa shape index (κ1) is 16.2. The Morgan fingerprint density at radius 2 is 1.67 bits per heavy atom. The predicted octanol–water partition coefficient (Wildman–Crippen LogP) is 3.80. The van der Waals surface area contributed by atoms with E-state index in [-0.39, 0.29) is 6.54 Å². The minimum absolute atomic E-state index is 0.290. The largest absolute Gasteiger partial charge is 0.241 e. The minimum atomic E-state index is -3.51. The Balaban J connectivity index is 2.15. The number of benzene rings is 2. The van der Waals surface area contributed by atoms with Crippen molar-refractivity contribution in [2.45, 2.75) is 31.7 Å². The molecule has 2 rings (SSSR count). The van der Waals surface area contributed by atoms with E-state index < -0.39 is 10.0 Å². The molecule has 0 atom stereocenters. The lowest BCUT2D eigenvalue weighted by molar-refractivity contribution is 0.580. The van der Waals surface area contributed by atoms with Gasteiger partial charge in [0, 0.05) is 11.0 Å². The summed E-state index contributed by atoms with van der Waals surface area (Å²) in [6.07, 6.45) is 0.975. The molecule has 0 aliphatic rings. The summed E-state index contributed by atoms with van der Waals surface area (Å²) in [6.45, 7) is 4.17. The quantitative estimate of drug-likeness (QED) is 0.873. The first-order chi connectivity index (χ1) is 9.92. The fourth-order valence-corrected chi connectivity index (χ4v) is 3.81. The van der Waals surface area contributed by atoms with Gasteiger partial charge < -0.3 is 0 Å². The standard InChI is InChI=1S/C16H18BrNO2S/c1-3-13-5-7-14(8-6-13)11-18-21(19,20)16-10-15(17)9-4-12(16)2/h4-10,18H,3,11H2,1-2H3. The third kappa shape index (κ3) is 4.15. The van der Waals surface area contributed by atoms with Gasteiger partial charge in [0.25, 0.3) is 0 Å². The number of aryl methyl sites for hydroxylation is 2. The second kappa shape index (κ2) is 6.73. The molecule has 0 aromatic heterocycles. The van der Waals surface area contributed by atoms with Crippen molar-refractivity contribution in [3.63, 3.8) is 0 Å². The molecule has 0 heterocycles. The van der Waals surface area contributed by atoms with Crippen LogP contribution < -0.4 is 4.72 Å². The zero-order valence-corrected chi connectivity index (χ0v) is 14.5. The number of rotatable bonds is 5. The van der Waals surface area contributed by atoms with Crippen molar-refractivity contribution in [2.75, 3.05) is 0 Å². The normalized spacial score (nSPS) is 11.6. The molecule has 2 aromatic carbocycles. The van der Waals surface area contributed by atoms with Crippen LogP contribution in [0, 0.1) is 6.92 Å². The zero-order chi connectivity index (χ0) is 15.5. The molecular weight excluding hydrogens is 350 g/mol. The van der Waals surface area contributed by atoms with Crippen LogP contribution in [-0.4, -0.2) is 8.42 Å². The summed E-state index contributed by atoms with van der Waals surface area (Å²) in [5.41, 5.74) is 2.92. The molecule has 0 spiro atoms. The molecule has 5 heteroatoms. The number of sulfonamides is 1. The van der Waals surface area contributed by atoms with Gasteiger partial charge in [-0.3, -0.25) is 0 Å². The lowest BCUT2D eigenvalue weighted by atomic mass is 10.1. The summed E-state index contributed by atoms with van der Waals surface area (Å²) >= 11 is 3.31. The molecule has 0 bridgehead atoms. The lowest BCUT2D eigenvalue weighted by Crippen LogP contribution is -2.24. The van der Waals surface area contributed by atoms with E-state index in [4.69, 9.17) is 0 Å². The maximum absolute atomic E-state index is 12.4. The molecule has 0 aliphatic carbocycles. The van der Waals surface area contributed by atoms with Crippen LogP contribution in [0.1, 0.15) is 23.6 Å². The molecule has 3 nitrogen and oxygen atoms in total. The fourth-order valence-electron chi connectivity index (χ4n) is 2.01. The molecule has 0 saturated heterocycles. The molecule has 1 N–H and O–H groups in total. The van der Waals surface area contributed by atoms with E-state index in [1.54, 1.807) is 19.1 Å². The van der Waals surface area contributed by atoms with Gasteiger partial charge in [0.1, 0.15) is 0 Å². The van der Waals surface area contributed by atoms with Gasteiger partial charge in [0.05, 0.1) is 4.90 Å². The van der Waals surface area contributed by atoms with Crippen LogP contribution in [0.25, 0.3) is 0 Å². The van der Waals surface area contributed by atoms with Crippen LogP contribution in [0.5, 0.6) is 0 Å². The SMILES string of the molecule is CCc1ccc(CNS(=O)(=O)c2cc(Br)ccc2C)cc1. The summed E-state index contributed by atoms with van der Waals surface area (Å²) in [5, 5.41) is 0. The molecule has 0 unspecified atom stereocenters. The predicted molar refractivity (Wildman–Crippen MR) is 88.7 cm³/mol. The van der Waals surface area contributed by atoms with E-state index in [1.165, 1.54) is 5.56 Å². The van der Waals surface area contributed by atoms with Crippen molar-refractivity contribution in [1.82, 2.24) is 4.72 Å². The second-order valence-electron chi connectivity index (χ2n) is 4.90. The number of hydrogen-bond donors (Lipinski definition) is 1. The summed E-state index contributed by atoms with van der Waals surface area (Å²) in [6, 6.07) is 13.2. The Morgan fingerprint density at radius 3 is 2.29 bits per heavy atom. The van der Waals surface area contributed by atoms with Gasteiger partial charge in [-0.25, -0.2) is 13.1 Å². The Morgan fingerprint density at radius 1 is 1.05 bits per heavy atom. The Labute approximate surface area is 134 Å². The molecule has 2 aromatic rings. The molecule has 0 radical (unpaired) electrons. The molecule has 0 aliphatic heterocycles. The maximum Gasteiger partial charge on any atom is 0.241 e.